The lowest BCUT2D eigenvalue weighted by Crippen LogP contribution is -2.12. The molecule has 1 aliphatic heterocycles. The van der Waals surface area contributed by atoms with Crippen LogP contribution in [0.15, 0.2) is 24.3 Å². The van der Waals surface area contributed by atoms with Gasteiger partial charge in [-0.3, -0.25) is 4.79 Å². The first-order valence-electron chi connectivity index (χ1n) is 4.59. The molecule has 0 saturated carbocycles. The second-order valence-corrected chi connectivity index (χ2v) is 3.75. The Balaban J connectivity index is 2.49. The van der Waals surface area contributed by atoms with Gasteiger partial charge in [-0.15, -0.1) is 0 Å². The van der Waals surface area contributed by atoms with Crippen LogP contribution in [0, 0.1) is 0 Å². The standard InChI is InChI=1S/C11H10ClNO2/c12-8-1-2-10-9(6-8)7(3-4-15-10)5-11(13)14/h1-2,5-6H,3-4H2,(H2,13,14). The van der Waals surface area contributed by atoms with Gasteiger partial charge in [-0.05, 0) is 23.8 Å². The Morgan fingerprint density at radius 3 is 3.07 bits per heavy atom. The van der Waals surface area contributed by atoms with Gasteiger partial charge in [0.25, 0.3) is 0 Å². The maximum atomic E-state index is 10.8. The van der Waals surface area contributed by atoms with E-state index in [1.54, 1.807) is 18.2 Å². The predicted octanol–water partition coefficient (Wildman–Crippen LogP) is 1.99. The average Bonchev–Trinajstić information content (AvgIpc) is 2.18. The quantitative estimate of drug-likeness (QED) is 0.741. The molecular formula is C11H10ClNO2. The van der Waals surface area contributed by atoms with Crippen molar-refractivity contribution in [3.8, 4) is 5.75 Å². The Morgan fingerprint density at radius 1 is 1.53 bits per heavy atom. The molecule has 15 heavy (non-hydrogen) atoms. The Kier molecular flexibility index (Phi) is 2.64. The first-order valence-corrected chi connectivity index (χ1v) is 4.97. The summed E-state index contributed by atoms with van der Waals surface area (Å²) in [5.41, 5.74) is 6.86. The maximum Gasteiger partial charge on any atom is 0.241 e. The zero-order valence-corrected chi connectivity index (χ0v) is 8.75. The molecule has 0 spiro atoms. The first kappa shape index (κ1) is 10.1. The number of ether oxygens (including phenoxy) is 1. The molecule has 0 radical (unpaired) electrons. The molecule has 78 valence electrons. The smallest absolute Gasteiger partial charge is 0.241 e. The summed E-state index contributed by atoms with van der Waals surface area (Å²) in [4.78, 5) is 10.8. The molecule has 0 fully saturated rings. The molecule has 1 heterocycles. The van der Waals surface area contributed by atoms with Crippen molar-refractivity contribution in [1.82, 2.24) is 0 Å². The van der Waals surface area contributed by atoms with Crippen LogP contribution < -0.4 is 10.5 Å². The topological polar surface area (TPSA) is 52.3 Å². The summed E-state index contributed by atoms with van der Waals surface area (Å²) in [7, 11) is 0. The maximum absolute atomic E-state index is 10.8. The van der Waals surface area contributed by atoms with Gasteiger partial charge >= 0.3 is 0 Å². The third-order valence-electron chi connectivity index (χ3n) is 2.23. The highest BCUT2D eigenvalue weighted by Crippen LogP contribution is 2.34. The van der Waals surface area contributed by atoms with E-state index in [0.717, 1.165) is 16.9 Å². The van der Waals surface area contributed by atoms with Gasteiger partial charge in [0.1, 0.15) is 5.75 Å². The van der Waals surface area contributed by atoms with Crippen molar-refractivity contribution < 1.29 is 9.53 Å². The van der Waals surface area contributed by atoms with Crippen LogP contribution in [0.5, 0.6) is 5.75 Å². The highest BCUT2D eigenvalue weighted by Gasteiger charge is 2.15. The lowest BCUT2D eigenvalue weighted by Gasteiger charge is -2.19. The van der Waals surface area contributed by atoms with Crippen molar-refractivity contribution in [2.24, 2.45) is 5.73 Å². The Hall–Kier alpha value is -1.48. The zero-order valence-electron chi connectivity index (χ0n) is 8.00. The minimum absolute atomic E-state index is 0.446. The number of nitrogens with two attached hydrogens (primary N) is 1. The van der Waals surface area contributed by atoms with E-state index in [-0.39, 0.29) is 0 Å². The largest absolute Gasteiger partial charge is 0.493 e. The molecule has 1 aromatic carbocycles. The van der Waals surface area contributed by atoms with E-state index >= 15 is 0 Å². The van der Waals surface area contributed by atoms with E-state index < -0.39 is 5.91 Å². The molecular weight excluding hydrogens is 214 g/mol. The third-order valence-corrected chi connectivity index (χ3v) is 2.47. The van der Waals surface area contributed by atoms with Gasteiger partial charge in [-0.1, -0.05) is 11.6 Å². The van der Waals surface area contributed by atoms with Gasteiger partial charge < -0.3 is 10.5 Å². The molecule has 1 amide bonds. The molecule has 0 bridgehead atoms. The number of rotatable bonds is 1. The minimum Gasteiger partial charge on any atom is -0.493 e. The summed E-state index contributed by atoms with van der Waals surface area (Å²) in [6.45, 7) is 0.563. The van der Waals surface area contributed by atoms with Gasteiger partial charge in [0.2, 0.25) is 5.91 Å². The minimum atomic E-state index is -0.446. The number of carbonyl (C=O) groups excluding carboxylic acids is 1. The normalized spacial score (nSPS) is 17.0. The molecule has 0 aliphatic carbocycles. The molecule has 1 aromatic rings. The van der Waals surface area contributed by atoms with Gasteiger partial charge in [0.15, 0.2) is 0 Å². The fourth-order valence-corrected chi connectivity index (χ4v) is 1.78. The molecule has 0 aromatic heterocycles. The summed E-state index contributed by atoms with van der Waals surface area (Å²) in [5.74, 6) is 0.302. The van der Waals surface area contributed by atoms with E-state index in [2.05, 4.69) is 0 Å². The second-order valence-electron chi connectivity index (χ2n) is 3.31. The van der Waals surface area contributed by atoms with Gasteiger partial charge in [-0.2, -0.15) is 0 Å². The molecule has 2 rings (SSSR count). The number of hydrogen-bond acceptors (Lipinski definition) is 2. The van der Waals surface area contributed by atoms with Crippen molar-refractivity contribution in [3.05, 3.63) is 34.9 Å². The Bertz CT molecular complexity index is 440. The van der Waals surface area contributed by atoms with E-state index in [0.29, 0.717) is 18.1 Å². The van der Waals surface area contributed by atoms with Crippen LogP contribution in [-0.4, -0.2) is 12.5 Å². The fraction of sp³-hybridized carbons (Fsp3) is 0.182. The van der Waals surface area contributed by atoms with Crippen LogP contribution >= 0.6 is 11.6 Å². The monoisotopic (exact) mass is 223 g/mol. The van der Waals surface area contributed by atoms with Gasteiger partial charge in [0.05, 0.1) is 6.61 Å². The van der Waals surface area contributed by atoms with Crippen LogP contribution in [0.1, 0.15) is 12.0 Å². The zero-order chi connectivity index (χ0) is 10.8. The molecule has 2 N–H and O–H groups in total. The highest BCUT2D eigenvalue weighted by atomic mass is 35.5. The second kappa shape index (κ2) is 3.95. The van der Waals surface area contributed by atoms with Gasteiger partial charge in [0, 0.05) is 23.1 Å². The van der Waals surface area contributed by atoms with Crippen molar-refractivity contribution in [1.29, 1.82) is 0 Å². The number of benzene rings is 1. The molecule has 3 nitrogen and oxygen atoms in total. The van der Waals surface area contributed by atoms with E-state index in [1.807, 2.05) is 0 Å². The molecule has 0 unspecified atom stereocenters. The highest BCUT2D eigenvalue weighted by molar-refractivity contribution is 6.30. The van der Waals surface area contributed by atoms with Crippen LogP contribution in [0.2, 0.25) is 5.02 Å². The lowest BCUT2D eigenvalue weighted by atomic mass is 9.99. The van der Waals surface area contributed by atoms with Crippen LogP contribution in [0.4, 0.5) is 0 Å². The number of amides is 1. The third kappa shape index (κ3) is 2.13. The number of halogens is 1. The van der Waals surface area contributed by atoms with Crippen LogP contribution in [0.3, 0.4) is 0 Å². The molecule has 0 atom stereocenters. The molecule has 4 heteroatoms. The van der Waals surface area contributed by atoms with Crippen molar-refractivity contribution in [2.45, 2.75) is 6.42 Å². The summed E-state index contributed by atoms with van der Waals surface area (Å²) < 4.78 is 5.44. The van der Waals surface area contributed by atoms with Crippen molar-refractivity contribution in [2.75, 3.05) is 6.61 Å². The van der Waals surface area contributed by atoms with Gasteiger partial charge in [-0.25, -0.2) is 0 Å². The summed E-state index contributed by atoms with van der Waals surface area (Å²) in [6.07, 6.45) is 2.11. The van der Waals surface area contributed by atoms with Crippen LogP contribution in [0.25, 0.3) is 5.57 Å². The lowest BCUT2D eigenvalue weighted by molar-refractivity contribution is -0.113. The number of carbonyl (C=O) groups is 1. The number of hydrogen-bond donors (Lipinski definition) is 1. The molecule has 1 aliphatic rings. The van der Waals surface area contributed by atoms with E-state index in [4.69, 9.17) is 22.1 Å². The molecule has 0 saturated heterocycles. The number of primary amides is 1. The van der Waals surface area contributed by atoms with Crippen molar-refractivity contribution >= 4 is 23.1 Å². The van der Waals surface area contributed by atoms with E-state index in [1.165, 1.54) is 6.08 Å². The fourth-order valence-electron chi connectivity index (χ4n) is 1.61. The predicted molar refractivity (Wildman–Crippen MR) is 58.7 cm³/mol. The summed E-state index contributed by atoms with van der Waals surface area (Å²) >= 11 is 5.88. The van der Waals surface area contributed by atoms with Crippen LogP contribution in [-0.2, 0) is 4.79 Å². The summed E-state index contributed by atoms with van der Waals surface area (Å²) in [6, 6.07) is 5.34. The Labute approximate surface area is 92.5 Å². The SMILES string of the molecule is NC(=O)C=C1CCOc2ccc(Cl)cc21. The average molecular weight is 224 g/mol. The Morgan fingerprint density at radius 2 is 2.33 bits per heavy atom. The van der Waals surface area contributed by atoms with E-state index in [9.17, 15) is 4.79 Å². The first-order chi connectivity index (χ1) is 7.16. The number of fused-ring (bicyclic) bond motifs is 1. The van der Waals surface area contributed by atoms with Crippen molar-refractivity contribution in [3.63, 3.8) is 0 Å². The summed E-state index contributed by atoms with van der Waals surface area (Å²) in [5, 5.41) is 0.620.